The highest BCUT2D eigenvalue weighted by Crippen LogP contribution is 2.31. The van der Waals surface area contributed by atoms with Gasteiger partial charge in [0.05, 0.1) is 19.8 Å². The van der Waals surface area contributed by atoms with E-state index in [0.29, 0.717) is 15.7 Å². The molecule has 0 aliphatic rings. The second-order valence-corrected chi connectivity index (χ2v) is 7.91. The highest BCUT2D eigenvalue weighted by Gasteiger charge is 2.18. The molecule has 0 amide bonds. The summed E-state index contributed by atoms with van der Waals surface area (Å²) in [4.78, 5) is 13.3. The lowest BCUT2D eigenvalue weighted by Gasteiger charge is -2.13. The first-order chi connectivity index (χ1) is 14.0. The molecule has 0 aliphatic carbocycles. The molecule has 0 atom stereocenters. The Morgan fingerprint density at radius 1 is 1.07 bits per heavy atom. The Morgan fingerprint density at radius 2 is 1.83 bits per heavy atom. The molecule has 0 fully saturated rings. The Hall–Kier alpha value is -2.90. The topological polar surface area (TPSA) is 59.6 Å². The zero-order chi connectivity index (χ0) is 20.8. The van der Waals surface area contributed by atoms with Gasteiger partial charge in [0.15, 0.2) is 5.11 Å². The monoisotopic (exact) mass is 426 g/mol. The van der Waals surface area contributed by atoms with Crippen LogP contribution in [0.1, 0.15) is 26.4 Å². The van der Waals surface area contributed by atoms with Crippen LogP contribution >= 0.6 is 23.6 Å². The van der Waals surface area contributed by atoms with E-state index in [4.69, 9.17) is 21.7 Å². The summed E-state index contributed by atoms with van der Waals surface area (Å²) in [7, 11) is 3.00. The van der Waals surface area contributed by atoms with Gasteiger partial charge < -0.3 is 20.1 Å². The molecule has 29 heavy (non-hydrogen) atoms. The lowest BCUT2D eigenvalue weighted by atomic mass is 10.1. The first-order valence-electron chi connectivity index (χ1n) is 8.97. The number of methoxy groups -OCH3 is 2. The summed E-state index contributed by atoms with van der Waals surface area (Å²) in [6.07, 6.45) is 0.731. The summed E-state index contributed by atoms with van der Waals surface area (Å²) < 4.78 is 10.2. The van der Waals surface area contributed by atoms with Crippen molar-refractivity contribution in [3.63, 3.8) is 0 Å². The molecule has 1 heterocycles. The third-order valence-electron chi connectivity index (χ3n) is 4.32. The Bertz CT molecular complexity index is 1020. The highest BCUT2D eigenvalue weighted by atomic mass is 32.1. The number of hydrogen-bond acceptors (Lipinski definition) is 5. The van der Waals surface area contributed by atoms with Gasteiger partial charge >= 0.3 is 5.97 Å². The summed E-state index contributed by atoms with van der Waals surface area (Å²) in [6, 6.07) is 17.6. The number of thiocarbonyl (C=S) groups is 1. The van der Waals surface area contributed by atoms with Gasteiger partial charge in [0.1, 0.15) is 10.8 Å². The molecular weight excluding hydrogens is 404 g/mol. The Balaban J connectivity index is 1.78. The molecule has 0 radical (unpaired) electrons. The van der Waals surface area contributed by atoms with E-state index >= 15 is 0 Å². The van der Waals surface area contributed by atoms with Crippen molar-refractivity contribution in [3.05, 3.63) is 76.2 Å². The van der Waals surface area contributed by atoms with Gasteiger partial charge in [0, 0.05) is 17.0 Å². The normalized spacial score (nSPS) is 10.3. The van der Waals surface area contributed by atoms with Crippen molar-refractivity contribution >= 4 is 45.3 Å². The molecule has 2 N–H and O–H groups in total. The zero-order valence-corrected chi connectivity index (χ0v) is 18.1. The third-order valence-corrected chi connectivity index (χ3v) is 5.57. The maximum absolute atomic E-state index is 12.2. The first-order valence-corrected chi connectivity index (χ1v) is 10.2. The van der Waals surface area contributed by atoms with Crippen LogP contribution in [-0.4, -0.2) is 25.3 Å². The molecule has 0 spiro atoms. The van der Waals surface area contributed by atoms with Crippen molar-refractivity contribution in [1.82, 2.24) is 0 Å². The number of aryl methyl sites for hydroxylation is 1. The van der Waals surface area contributed by atoms with Gasteiger partial charge in [-0.25, -0.2) is 4.79 Å². The zero-order valence-electron chi connectivity index (χ0n) is 16.4. The molecule has 7 heteroatoms. The number of esters is 1. The van der Waals surface area contributed by atoms with Crippen molar-refractivity contribution in [2.75, 3.05) is 24.9 Å². The van der Waals surface area contributed by atoms with Crippen molar-refractivity contribution < 1.29 is 14.3 Å². The van der Waals surface area contributed by atoms with Gasteiger partial charge in [-0.15, -0.1) is 11.3 Å². The van der Waals surface area contributed by atoms with Crippen LogP contribution in [-0.2, 0) is 11.2 Å². The lowest BCUT2D eigenvalue weighted by molar-refractivity contribution is 0.0602. The van der Waals surface area contributed by atoms with Gasteiger partial charge in [0.25, 0.3) is 0 Å². The fraction of sp³-hybridized carbons (Fsp3) is 0.182. The van der Waals surface area contributed by atoms with Gasteiger partial charge in [0.2, 0.25) is 0 Å². The summed E-state index contributed by atoms with van der Waals surface area (Å²) in [5.74, 6) is 0.384. The number of rotatable bonds is 6. The molecule has 0 saturated carbocycles. The standard InChI is InChI=1S/C22H22N2O3S2/c1-14-11-16(26-2)9-10-19(14)23-22(28)24-20-18(21(25)27-3)13-17(29-20)12-15-7-5-4-6-8-15/h4-11,13H,12H2,1-3H3,(H2,23,24,28). The Labute approximate surface area is 179 Å². The highest BCUT2D eigenvalue weighted by molar-refractivity contribution is 7.80. The van der Waals surface area contributed by atoms with Gasteiger partial charge in [-0.2, -0.15) is 0 Å². The molecule has 5 nitrogen and oxygen atoms in total. The minimum atomic E-state index is -0.397. The minimum Gasteiger partial charge on any atom is -0.497 e. The molecule has 3 rings (SSSR count). The second kappa shape index (κ2) is 9.54. The van der Waals surface area contributed by atoms with Crippen LogP contribution < -0.4 is 15.4 Å². The number of ether oxygens (including phenoxy) is 2. The molecule has 3 aromatic rings. The summed E-state index contributed by atoms with van der Waals surface area (Å²) in [5.41, 5.74) is 3.51. The van der Waals surface area contributed by atoms with E-state index in [1.165, 1.54) is 24.0 Å². The third kappa shape index (κ3) is 5.34. The quantitative estimate of drug-likeness (QED) is 0.415. The number of nitrogens with one attached hydrogen (secondary N) is 2. The number of anilines is 2. The predicted molar refractivity (Wildman–Crippen MR) is 122 cm³/mol. The van der Waals surface area contributed by atoms with Gasteiger partial charge in [-0.3, -0.25) is 0 Å². The molecule has 0 bridgehead atoms. The van der Waals surface area contributed by atoms with Crippen molar-refractivity contribution in [2.45, 2.75) is 13.3 Å². The largest absolute Gasteiger partial charge is 0.497 e. The van der Waals surface area contributed by atoms with E-state index in [1.54, 1.807) is 7.11 Å². The molecule has 1 aromatic heterocycles. The van der Waals surface area contributed by atoms with Crippen LogP contribution in [0.5, 0.6) is 5.75 Å². The summed E-state index contributed by atoms with van der Waals surface area (Å²) >= 11 is 6.95. The fourth-order valence-corrected chi connectivity index (χ4v) is 4.20. The average molecular weight is 427 g/mol. The number of carbonyl (C=O) groups is 1. The molecule has 150 valence electrons. The first kappa shape index (κ1) is 20.8. The van der Waals surface area contributed by atoms with Crippen LogP contribution in [0.4, 0.5) is 10.7 Å². The number of hydrogen-bond donors (Lipinski definition) is 2. The maximum atomic E-state index is 12.2. The van der Waals surface area contributed by atoms with E-state index in [1.807, 2.05) is 49.4 Å². The van der Waals surface area contributed by atoms with E-state index in [2.05, 4.69) is 22.8 Å². The maximum Gasteiger partial charge on any atom is 0.340 e. The van der Waals surface area contributed by atoms with Crippen LogP contribution in [0, 0.1) is 6.92 Å². The van der Waals surface area contributed by atoms with Crippen LogP contribution in [0.2, 0.25) is 0 Å². The van der Waals surface area contributed by atoms with E-state index < -0.39 is 5.97 Å². The fourth-order valence-electron chi connectivity index (χ4n) is 2.84. The van der Waals surface area contributed by atoms with Crippen molar-refractivity contribution in [2.24, 2.45) is 0 Å². The van der Waals surface area contributed by atoms with Gasteiger partial charge in [-0.1, -0.05) is 30.3 Å². The molecular formula is C22H22N2O3S2. The van der Waals surface area contributed by atoms with E-state index in [0.717, 1.165) is 28.3 Å². The molecule has 0 unspecified atom stereocenters. The minimum absolute atomic E-state index is 0.397. The summed E-state index contributed by atoms with van der Waals surface area (Å²) in [6.45, 7) is 1.97. The van der Waals surface area contributed by atoms with Crippen molar-refractivity contribution in [1.29, 1.82) is 0 Å². The molecule has 2 aromatic carbocycles. The average Bonchev–Trinajstić information content (AvgIpc) is 3.11. The number of carbonyl (C=O) groups excluding carboxylic acids is 1. The number of thiophene rings is 1. The predicted octanol–water partition coefficient (Wildman–Crippen LogP) is 5.25. The van der Waals surface area contributed by atoms with E-state index in [9.17, 15) is 4.79 Å². The lowest BCUT2D eigenvalue weighted by Crippen LogP contribution is -2.20. The molecule has 0 saturated heterocycles. The Morgan fingerprint density at radius 3 is 2.48 bits per heavy atom. The smallest absolute Gasteiger partial charge is 0.340 e. The Kier molecular flexibility index (Phi) is 6.85. The van der Waals surface area contributed by atoms with E-state index in [-0.39, 0.29) is 0 Å². The SMILES string of the molecule is COC(=O)c1cc(Cc2ccccc2)sc1NC(=S)Nc1ccc(OC)cc1C. The number of benzene rings is 2. The van der Waals surface area contributed by atoms with Crippen LogP contribution in [0.15, 0.2) is 54.6 Å². The summed E-state index contributed by atoms with van der Waals surface area (Å²) in [5, 5.41) is 7.37. The van der Waals surface area contributed by atoms with Crippen LogP contribution in [0.25, 0.3) is 0 Å². The second-order valence-electron chi connectivity index (χ2n) is 6.37. The van der Waals surface area contributed by atoms with Gasteiger partial charge in [-0.05, 0) is 54.5 Å². The van der Waals surface area contributed by atoms with Crippen LogP contribution in [0.3, 0.4) is 0 Å². The molecule has 0 aliphatic heterocycles. The van der Waals surface area contributed by atoms with Crippen molar-refractivity contribution in [3.8, 4) is 5.75 Å².